The number of rotatable bonds is 12. The molecule has 2 heterocycles. The minimum Gasteiger partial charge on any atom is -0.494 e. The van der Waals surface area contributed by atoms with Gasteiger partial charge in [0.1, 0.15) is 28.8 Å². The number of ether oxygens (including phenoxy) is 2. The molecule has 192 valence electrons. The van der Waals surface area contributed by atoms with Crippen molar-refractivity contribution in [3.8, 4) is 5.75 Å². The number of alkyl halides is 3. The summed E-state index contributed by atoms with van der Waals surface area (Å²) in [5.74, 6) is 0.802. The van der Waals surface area contributed by atoms with Gasteiger partial charge in [-0.15, -0.1) is 0 Å². The summed E-state index contributed by atoms with van der Waals surface area (Å²) in [6.07, 6.45) is -4.61. The SMILES string of the molecule is CCCCOc1ccc(Sc2nc(N)nc3c2ncn3CC(C)OCP(=O)(O)CC(F)(F)F)cc1. The molecule has 0 amide bonds. The lowest BCUT2D eigenvalue weighted by molar-refractivity contribution is -0.108. The van der Waals surface area contributed by atoms with Crippen LogP contribution in [0.3, 0.4) is 0 Å². The smallest absolute Gasteiger partial charge is 0.398 e. The minimum atomic E-state index is -4.75. The van der Waals surface area contributed by atoms with E-state index in [4.69, 9.17) is 15.2 Å². The van der Waals surface area contributed by atoms with Gasteiger partial charge < -0.3 is 24.7 Å². The minimum absolute atomic E-state index is 0.0277. The Morgan fingerprint density at radius 3 is 2.63 bits per heavy atom. The number of nitrogens with zero attached hydrogens (tertiary/aromatic N) is 4. The number of hydrogen-bond acceptors (Lipinski definition) is 8. The Morgan fingerprint density at radius 2 is 1.97 bits per heavy atom. The highest BCUT2D eigenvalue weighted by Gasteiger charge is 2.38. The number of fused-ring (bicyclic) bond motifs is 1. The molecule has 2 unspecified atom stereocenters. The monoisotopic (exact) mass is 533 g/mol. The van der Waals surface area contributed by atoms with Crippen LogP contribution in [0.25, 0.3) is 11.2 Å². The molecular formula is C21H27F3N5O4PS. The average Bonchev–Trinajstić information content (AvgIpc) is 3.15. The number of halogens is 3. The summed E-state index contributed by atoms with van der Waals surface area (Å²) >= 11 is 1.35. The van der Waals surface area contributed by atoms with E-state index in [1.165, 1.54) is 18.1 Å². The van der Waals surface area contributed by atoms with Crippen LogP contribution in [0.1, 0.15) is 26.7 Å². The fraction of sp³-hybridized carbons (Fsp3) is 0.476. The zero-order valence-electron chi connectivity index (χ0n) is 19.2. The molecular weight excluding hydrogens is 506 g/mol. The quantitative estimate of drug-likeness (QED) is 0.189. The molecule has 1 aromatic carbocycles. The highest BCUT2D eigenvalue weighted by atomic mass is 32.2. The highest BCUT2D eigenvalue weighted by Crippen LogP contribution is 2.45. The van der Waals surface area contributed by atoms with Crippen molar-refractivity contribution in [3.05, 3.63) is 30.6 Å². The van der Waals surface area contributed by atoms with Crippen LogP contribution in [0.2, 0.25) is 0 Å². The van der Waals surface area contributed by atoms with E-state index in [2.05, 4.69) is 21.9 Å². The van der Waals surface area contributed by atoms with Gasteiger partial charge in [0, 0.05) is 4.90 Å². The largest absolute Gasteiger partial charge is 0.494 e. The Morgan fingerprint density at radius 1 is 1.26 bits per heavy atom. The highest BCUT2D eigenvalue weighted by molar-refractivity contribution is 7.99. The molecule has 0 aliphatic heterocycles. The number of anilines is 1. The third-order valence-corrected chi connectivity index (χ3v) is 7.09. The van der Waals surface area contributed by atoms with Crippen molar-refractivity contribution in [1.82, 2.24) is 19.5 Å². The lowest BCUT2D eigenvalue weighted by Crippen LogP contribution is -2.20. The van der Waals surface area contributed by atoms with Gasteiger partial charge in [-0.1, -0.05) is 25.1 Å². The van der Waals surface area contributed by atoms with Gasteiger partial charge in [-0.05, 0) is 37.6 Å². The number of aromatic nitrogens is 4. The van der Waals surface area contributed by atoms with Crippen molar-refractivity contribution in [3.63, 3.8) is 0 Å². The van der Waals surface area contributed by atoms with Crippen LogP contribution < -0.4 is 10.5 Å². The first-order valence-electron chi connectivity index (χ1n) is 10.8. The molecule has 0 fully saturated rings. The van der Waals surface area contributed by atoms with Crippen LogP contribution in [-0.4, -0.2) is 55.8 Å². The van der Waals surface area contributed by atoms with E-state index in [0.717, 1.165) is 23.5 Å². The molecule has 3 aromatic rings. The van der Waals surface area contributed by atoms with Gasteiger partial charge in [0.25, 0.3) is 0 Å². The number of unbranched alkanes of at least 4 members (excludes halogenated alkanes) is 1. The zero-order chi connectivity index (χ0) is 25.6. The Bertz CT molecular complexity index is 1180. The fourth-order valence-corrected chi connectivity index (χ4v) is 5.10. The first-order valence-corrected chi connectivity index (χ1v) is 13.7. The van der Waals surface area contributed by atoms with Gasteiger partial charge in [-0.2, -0.15) is 18.2 Å². The molecule has 0 aliphatic rings. The third-order valence-electron chi connectivity index (χ3n) is 4.70. The molecule has 2 atom stereocenters. The van der Waals surface area contributed by atoms with E-state index >= 15 is 0 Å². The van der Waals surface area contributed by atoms with E-state index in [1.807, 2.05) is 24.3 Å². The molecule has 0 saturated heterocycles. The maximum atomic E-state index is 12.4. The molecule has 0 bridgehead atoms. The van der Waals surface area contributed by atoms with Crippen LogP contribution in [0.5, 0.6) is 5.75 Å². The Labute approximate surface area is 204 Å². The predicted molar refractivity (Wildman–Crippen MR) is 127 cm³/mol. The lowest BCUT2D eigenvalue weighted by atomic mass is 10.3. The summed E-state index contributed by atoms with van der Waals surface area (Å²) < 4.78 is 61.6. The second kappa shape index (κ2) is 11.6. The standard InChI is InChI=1S/C21H27F3N5O4PS/c1-3-4-9-32-15-5-7-16(8-6-15)35-19-17-18(27-20(25)28-19)29(12-26-17)10-14(2)33-13-34(30,31)11-21(22,23)24/h5-8,12,14H,3-4,9-11,13H2,1-2H3,(H,30,31)(H2,25,27,28). The Kier molecular flexibility index (Phi) is 9.03. The van der Waals surface area contributed by atoms with Crippen molar-refractivity contribution < 1.29 is 32.1 Å². The van der Waals surface area contributed by atoms with E-state index in [1.54, 1.807) is 11.5 Å². The van der Waals surface area contributed by atoms with Gasteiger partial charge in [0.15, 0.2) is 5.65 Å². The second-order valence-corrected chi connectivity index (χ2v) is 11.3. The topological polar surface area (TPSA) is 125 Å². The van der Waals surface area contributed by atoms with Crippen LogP contribution in [0.15, 0.2) is 40.5 Å². The molecule has 3 N–H and O–H groups in total. The molecule has 14 heteroatoms. The van der Waals surface area contributed by atoms with E-state index in [9.17, 15) is 22.6 Å². The van der Waals surface area contributed by atoms with Crippen molar-refractivity contribution >= 4 is 36.2 Å². The fourth-order valence-electron chi connectivity index (χ4n) is 3.09. The molecule has 35 heavy (non-hydrogen) atoms. The average molecular weight is 534 g/mol. The van der Waals surface area contributed by atoms with Crippen molar-refractivity contribution in [2.45, 2.75) is 55.4 Å². The van der Waals surface area contributed by atoms with Gasteiger partial charge in [0.05, 0.1) is 25.6 Å². The normalized spacial score (nSPS) is 14.7. The molecule has 0 radical (unpaired) electrons. The molecule has 0 aliphatic carbocycles. The van der Waals surface area contributed by atoms with Gasteiger partial charge in [-0.3, -0.25) is 4.57 Å². The summed E-state index contributed by atoms with van der Waals surface area (Å²) in [7, 11) is -4.50. The van der Waals surface area contributed by atoms with Crippen molar-refractivity contribution in [2.75, 3.05) is 24.9 Å². The summed E-state index contributed by atoms with van der Waals surface area (Å²) in [6, 6.07) is 7.54. The number of hydrogen-bond donors (Lipinski definition) is 2. The second-order valence-electron chi connectivity index (χ2n) is 7.96. The number of nitrogen functional groups attached to an aromatic ring is 1. The first kappa shape index (κ1) is 27.3. The number of nitrogens with two attached hydrogens (primary N) is 1. The van der Waals surface area contributed by atoms with E-state index < -0.39 is 32.2 Å². The van der Waals surface area contributed by atoms with Gasteiger partial charge in [-0.25, -0.2) is 9.97 Å². The summed E-state index contributed by atoms with van der Waals surface area (Å²) in [4.78, 5) is 23.3. The number of imidazole rings is 1. The van der Waals surface area contributed by atoms with Crippen molar-refractivity contribution in [2.24, 2.45) is 0 Å². The Hall–Kier alpha value is -2.34. The molecule has 0 saturated carbocycles. The Balaban J connectivity index is 1.69. The molecule has 9 nitrogen and oxygen atoms in total. The zero-order valence-corrected chi connectivity index (χ0v) is 20.9. The third kappa shape index (κ3) is 8.38. The molecule has 3 rings (SSSR count). The lowest BCUT2D eigenvalue weighted by Gasteiger charge is -2.18. The summed E-state index contributed by atoms with van der Waals surface area (Å²) in [5, 5.41) is 0.532. The van der Waals surface area contributed by atoms with Gasteiger partial charge >= 0.3 is 6.18 Å². The van der Waals surface area contributed by atoms with Crippen LogP contribution >= 0.6 is 19.1 Å². The van der Waals surface area contributed by atoms with Gasteiger partial charge in [0.2, 0.25) is 13.3 Å². The number of benzene rings is 1. The first-order chi connectivity index (χ1) is 16.5. The van der Waals surface area contributed by atoms with E-state index in [-0.39, 0.29) is 12.5 Å². The van der Waals surface area contributed by atoms with Crippen molar-refractivity contribution in [1.29, 1.82) is 0 Å². The van der Waals surface area contributed by atoms with Crippen LogP contribution in [-0.2, 0) is 15.8 Å². The molecule has 0 spiro atoms. The van der Waals surface area contributed by atoms with Crippen LogP contribution in [0.4, 0.5) is 19.1 Å². The summed E-state index contributed by atoms with van der Waals surface area (Å²) in [5.41, 5.74) is 6.80. The predicted octanol–water partition coefficient (Wildman–Crippen LogP) is 4.93. The van der Waals surface area contributed by atoms with E-state index in [0.29, 0.717) is 22.8 Å². The maximum absolute atomic E-state index is 12.4. The van der Waals surface area contributed by atoms with Crippen LogP contribution in [0, 0.1) is 0 Å². The molecule has 2 aromatic heterocycles. The summed E-state index contributed by atoms with van der Waals surface area (Å²) in [6.45, 7) is 4.46. The maximum Gasteiger partial charge on any atom is 0.398 e.